The summed E-state index contributed by atoms with van der Waals surface area (Å²) in [7, 11) is 0. The first-order valence-electron chi connectivity index (χ1n) is 24.4. The van der Waals surface area contributed by atoms with E-state index in [0.717, 1.165) is 60.3 Å². The number of hydrogen-bond donors (Lipinski definition) is 2. The van der Waals surface area contributed by atoms with E-state index in [2.05, 4.69) is 78.8 Å². The SMILES string of the molecule is CC1=CCC[C@@]2(C)[C@@H](CC[C@@]2(O)CN(C[C@@H]2CC[C@H]3C[C@@H]2C3(C)C)C(=O)O[C@H]2C[C@@H](C)CC[C@@H]2C(C)C)c2ccc(cc2C(=O)c2ccc(-c3ccccc3)cc2)C[C@@H](O)CC1. The summed E-state index contributed by atoms with van der Waals surface area (Å²) >= 11 is 0. The van der Waals surface area contributed by atoms with E-state index in [-0.39, 0.29) is 35.9 Å². The number of ketones is 1. The van der Waals surface area contributed by atoms with Crippen molar-refractivity contribution in [2.24, 2.45) is 46.3 Å². The fraction of sp³-hybridized carbons (Fsp3) is 0.607. The van der Waals surface area contributed by atoms with Crippen LogP contribution < -0.4 is 0 Å². The average molecular weight is 842 g/mol. The lowest BCUT2D eigenvalue weighted by Crippen LogP contribution is -2.58. The molecule has 5 saturated carbocycles. The predicted molar refractivity (Wildman–Crippen MR) is 250 cm³/mol. The van der Waals surface area contributed by atoms with Crippen LogP contribution in [0.15, 0.2) is 84.4 Å². The highest BCUT2D eigenvalue weighted by atomic mass is 16.6. The molecule has 3 aromatic carbocycles. The van der Waals surface area contributed by atoms with E-state index in [1.807, 2.05) is 53.4 Å². The molecule has 6 nitrogen and oxygen atoms in total. The van der Waals surface area contributed by atoms with Crippen LogP contribution in [-0.4, -0.2) is 57.9 Å². The first-order valence-corrected chi connectivity index (χ1v) is 24.4. The maximum absolute atomic E-state index is 14.9. The van der Waals surface area contributed by atoms with Crippen molar-refractivity contribution in [1.29, 1.82) is 0 Å². The van der Waals surface area contributed by atoms with Crippen molar-refractivity contribution in [3.8, 4) is 11.1 Å². The van der Waals surface area contributed by atoms with E-state index < -0.39 is 17.1 Å². The van der Waals surface area contributed by atoms with Gasteiger partial charge in [0.15, 0.2) is 5.78 Å². The number of carbonyl (C=O) groups is 2. The predicted octanol–water partition coefficient (Wildman–Crippen LogP) is 12.6. The van der Waals surface area contributed by atoms with E-state index in [1.54, 1.807) is 0 Å². The maximum Gasteiger partial charge on any atom is 0.410 e. The number of aliphatic hydroxyl groups is 2. The molecule has 0 aromatic heterocycles. The molecule has 6 heteroatoms. The Hall–Kier alpha value is -3.74. The van der Waals surface area contributed by atoms with E-state index in [1.165, 1.54) is 24.8 Å². The largest absolute Gasteiger partial charge is 0.446 e. The summed E-state index contributed by atoms with van der Waals surface area (Å²) in [5, 5.41) is 24.7. The second-order valence-electron chi connectivity index (χ2n) is 22.0. The fourth-order valence-corrected chi connectivity index (χ4v) is 13.2. The zero-order chi connectivity index (χ0) is 44.0. The number of benzene rings is 3. The normalized spacial score (nSPS) is 33.2. The van der Waals surface area contributed by atoms with Gasteiger partial charge in [-0.3, -0.25) is 4.79 Å². The number of aliphatic hydroxyl groups excluding tert-OH is 1. The van der Waals surface area contributed by atoms with Crippen LogP contribution in [0.3, 0.4) is 0 Å². The van der Waals surface area contributed by atoms with Gasteiger partial charge in [-0.15, -0.1) is 0 Å². The van der Waals surface area contributed by atoms with Gasteiger partial charge in [0.1, 0.15) is 6.10 Å². The second kappa shape index (κ2) is 18.0. The standard InChI is InChI=1S/C56H75NO5/c1-36(2)46-25-16-38(4)30-51(46)62-53(60)57(34-43-22-23-44-33-50(43)54(44,5)6)35-56(61)29-27-49-47-26-17-39(31-45(58)24-15-37(3)12-11-28-55(49,56)7)32-48(47)52(59)42-20-18-41(19-21-42)40-13-9-8-10-14-40/h8-10,12-14,17-21,26,32,36,38,43-46,49-51,58,61H,11,15-16,22-25,27-31,33-35H2,1-7H3/t38-,43-,44-,45-,46+,49-,50-,51-,55-,56+/m0/s1. The molecule has 7 aliphatic rings. The van der Waals surface area contributed by atoms with Crippen molar-refractivity contribution in [3.05, 3.63) is 107 Å². The van der Waals surface area contributed by atoms with Crippen molar-refractivity contribution in [2.75, 3.05) is 13.1 Å². The number of carbonyl (C=O) groups excluding carboxylic acids is 2. The number of fused-ring (bicyclic) bond motifs is 10. The lowest BCUT2D eigenvalue weighted by atomic mass is 9.45. The Kier molecular flexibility index (Phi) is 13.0. The monoisotopic (exact) mass is 842 g/mol. The summed E-state index contributed by atoms with van der Waals surface area (Å²) in [6.45, 7) is 16.9. The maximum atomic E-state index is 14.9. The van der Waals surface area contributed by atoms with Gasteiger partial charge in [0.2, 0.25) is 0 Å². The van der Waals surface area contributed by atoms with Crippen molar-refractivity contribution < 1.29 is 24.5 Å². The molecule has 0 radical (unpaired) electrons. The molecule has 0 aliphatic heterocycles. The Morgan fingerprint density at radius 2 is 1.61 bits per heavy atom. The fourth-order valence-electron chi connectivity index (χ4n) is 13.2. The van der Waals surface area contributed by atoms with E-state index >= 15 is 0 Å². The van der Waals surface area contributed by atoms with Gasteiger partial charge in [0, 0.05) is 23.1 Å². The van der Waals surface area contributed by atoms with Crippen molar-refractivity contribution >= 4 is 11.9 Å². The third-order valence-corrected chi connectivity index (χ3v) is 17.6. The molecule has 7 aliphatic carbocycles. The molecule has 0 unspecified atom stereocenters. The Labute approximate surface area is 372 Å². The number of rotatable bonds is 9. The summed E-state index contributed by atoms with van der Waals surface area (Å²) in [5.74, 6) is 2.79. The molecule has 0 saturated heterocycles. The first kappa shape index (κ1) is 44.9. The lowest BCUT2D eigenvalue weighted by molar-refractivity contribution is -0.122. The topological polar surface area (TPSA) is 87.1 Å². The lowest BCUT2D eigenvalue weighted by Gasteiger charge is -2.60. The van der Waals surface area contributed by atoms with Gasteiger partial charge in [0.05, 0.1) is 18.2 Å². The zero-order valence-corrected chi connectivity index (χ0v) is 38.9. The molecule has 62 heavy (non-hydrogen) atoms. The van der Waals surface area contributed by atoms with Gasteiger partial charge in [0.25, 0.3) is 0 Å². The van der Waals surface area contributed by atoms with Gasteiger partial charge < -0.3 is 19.8 Å². The van der Waals surface area contributed by atoms with Crippen LogP contribution in [0.25, 0.3) is 11.1 Å². The van der Waals surface area contributed by atoms with Crippen LogP contribution in [0.4, 0.5) is 4.79 Å². The molecule has 10 atom stereocenters. The van der Waals surface area contributed by atoms with Gasteiger partial charge in [-0.25, -0.2) is 4.79 Å². The van der Waals surface area contributed by atoms with Crippen molar-refractivity contribution in [2.45, 2.75) is 156 Å². The highest BCUT2D eigenvalue weighted by Crippen LogP contribution is 2.62. The van der Waals surface area contributed by atoms with E-state index in [4.69, 9.17) is 4.74 Å². The minimum atomic E-state index is -1.22. The minimum Gasteiger partial charge on any atom is -0.446 e. The van der Waals surface area contributed by atoms with Crippen LogP contribution in [0, 0.1) is 46.3 Å². The van der Waals surface area contributed by atoms with Gasteiger partial charge in [-0.05, 0) is 159 Å². The Balaban J connectivity index is 1.16. The summed E-state index contributed by atoms with van der Waals surface area (Å²) in [6.07, 6.45) is 12.7. The molecular weight excluding hydrogens is 767 g/mol. The quantitative estimate of drug-likeness (QED) is 0.166. The molecule has 334 valence electrons. The number of nitrogens with zero attached hydrogens (tertiary/aromatic N) is 1. The number of allylic oxidation sites excluding steroid dienone is 2. The van der Waals surface area contributed by atoms with Crippen LogP contribution in [0.1, 0.15) is 158 Å². The summed E-state index contributed by atoms with van der Waals surface area (Å²) in [6, 6.07) is 24.4. The highest BCUT2D eigenvalue weighted by molar-refractivity contribution is 6.10. The third kappa shape index (κ3) is 8.86. The van der Waals surface area contributed by atoms with Crippen LogP contribution in [0.5, 0.6) is 0 Å². The Bertz CT molecular complexity index is 2090. The first-order chi connectivity index (χ1) is 29.6. The molecular formula is C56H75NO5. The van der Waals surface area contributed by atoms with Gasteiger partial charge in [-0.2, -0.15) is 0 Å². The molecule has 4 bridgehead atoms. The van der Waals surface area contributed by atoms with E-state index in [0.29, 0.717) is 79.4 Å². The summed E-state index contributed by atoms with van der Waals surface area (Å²) in [4.78, 5) is 31.7. The third-order valence-electron chi connectivity index (χ3n) is 17.6. The second-order valence-corrected chi connectivity index (χ2v) is 22.0. The molecule has 5 fully saturated rings. The number of ether oxygens (including phenoxy) is 1. The van der Waals surface area contributed by atoms with Crippen LogP contribution in [-0.2, 0) is 11.2 Å². The van der Waals surface area contributed by atoms with E-state index in [9.17, 15) is 19.8 Å². The van der Waals surface area contributed by atoms with Crippen LogP contribution in [0.2, 0.25) is 0 Å². The molecule has 0 spiro atoms. The number of hydrogen-bond acceptors (Lipinski definition) is 5. The molecule has 1 amide bonds. The highest BCUT2D eigenvalue weighted by Gasteiger charge is 2.59. The number of amides is 1. The average Bonchev–Trinajstić information content (AvgIpc) is 3.50. The van der Waals surface area contributed by atoms with Gasteiger partial charge in [-0.1, -0.05) is 126 Å². The van der Waals surface area contributed by atoms with Gasteiger partial charge >= 0.3 is 6.09 Å². The Morgan fingerprint density at radius 3 is 2.32 bits per heavy atom. The molecule has 3 aromatic rings. The molecule has 2 N–H and O–H groups in total. The van der Waals surface area contributed by atoms with Crippen molar-refractivity contribution in [3.63, 3.8) is 0 Å². The molecule has 10 rings (SSSR count). The van der Waals surface area contributed by atoms with Crippen molar-refractivity contribution in [1.82, 2.24) is 4.90 Å². The molecule has 0 heterocycles. The summed E-state index contributed by atoms with van der Waals surface area (Å²) in [5.41, 5.74) is 4.97. The zero-order valence-electron chi connectivity index (χ0n) is 38.9. The Morgan fingerprint density at radius 1 is 0.871 bits per heavy atom. The summed E-state index contributed by atoms with van der Waals surface area (Å²) < 4.78 is 6.68. The smallest absolute Gasteiger partial charge is 0.410 e. The minimum absolute atomic E-state index is 0.0399. The van der Waals surface area contributed by atoms with Crippen LogP contribution >= 0.6 is 0 Å².